The summed E-state index contributed by atoms with van der Waals surface area (Å²) in [5.74, 6) is 0.775. The van der Waals surface area contributed by atoms with E-state index >= 15 is 0 Å². The van der Waals surface area contributed by atoms with Gasteiger partial charge in [0, 0.05) is 13.7 Å². The molecule has 7 heteroatoms. The molecule has 3 rings (SSSR count). The number of aryl methyl sites for hydroxylation is 1. The SMILES string of the molecule is COCC(N)C(=O)N1CCCC1c1nc2ccc(C)cc2[nH]1.Cl. The van der Waals surface area contributed by atoms with Gasteiger partial charge in [-0.05, 0) is 37.5 Å². The van der Waals surface area contributed by atoms with Crippen LogP contribution in [0.2, 0.25) is 0 Å². The Morgan fingerprint density at radius 2 is 2.35 bits per heavy atom. The Kier molecular flexibility index (Phi) is 5.62. The Hall–Kier alpha value is -1.63. The monoisotopic (exact) mass is 338 g/mol. The van der Waals surface area contributed by atoms with Gasteiger partial charge < -0.3 is 20.4 Å². The summed E-state index contributed by atoms with van der Waals surface area (Å²) < 4.78 is 4.99. The third-order valence-corrected chi connectivity index (χ3v) is 4.17. The lowest BCUT2D eigenvalue weighted by molar-refractivity contribution is -0.134. The lowest BCUT2D eigenvalue weighted by Crippen LogP contribution is -2.45. The molecule has 1 aliphatic rings. The maximum Gasteiger partial charge on any atom is 0.242 e. The highest BCUT2D eigenvalue weighted by Gasteiger charge is 2.34. The molecule has 0 aliphatic carbocycles. The smallest absolute Gasteiger partial charge is 0.242 e. The number of hydrogen-bond acceptors (Lipinski definition) is 4. The number of methoxy groups -OCH3 is 1. The number of hydrogen-bond donors (Lipinski definition) is 2. The molecule has 0 spiro atoms. The second kappa shape index (κ2) is 7.29. The minimum absolute atomic E-state index is 0. The van der Waals surface area contributed by atoms with Crippen molar-refractivity contribution in [3.63, 3.8) is 0 Å². The van der Waals surface area contributed by atoms with Crippen molar-refractivity contribution in [2.45, 2.75) is 31.8 Å². The van der Waals surface area contributed by atoms with Gasteiger partial charge in [-0.3, -0.25) is 4.79 Å². The Bertz CT molecular complexity index is 688. The highest BCUT2D eigenvalue weighted by molar-refractivity contribution is 5.85. The van der Waals surface area contributed by atoms with E-state index in [-0.39, 0.29) is 31.0 Å². The average molecular weight is 339 g/mol. The van der Waals surface area contributed by atoms with E-state index in [9.17, 15) is 4.79 Å². The number of amides is 1. The largest absolute Gasteiger partial charge is 0.383 e. The first-order valence-electron chi connectivity index (χ1n) is 7.61. The fourth-order valence-electron chi connectivity index (χ4n) is 3.08. The van der Waals surface area contributed by atoms with Crippen LogP contribution >= 0.6 is 12.4 Å². The van der Waals surface area contributed by atoms with Gasteiger partial charge in [0.15, 0.2) is 0 Å². The molecule has 1 aromatic heterocycles. The number of likely N-dealkylation sites (tertiary alicyclic amines) is 1. The second-order valence-electron chi connectivity index (χ2n) is 5.89. The third kappa shape index (κ3) is 3.49. The third-order valence-electron chi connectivity index (χ3n) is 4.17. The highest BCUT2D eigenvalue weighted by atomic mass is 35.5. The maximum absolute atomic E-state index is 12.5. The Balaban J connectivity index is 0.00000192. The summed E-state index contributed by atoms with van der Waals surface area (Å²) in [5.41, 5.74) is 9.02. The molecular formula is C16H23ClN4O2. The fraction of sp³-hybridized carbons (Fsp3) is 0.500. The van der Waals surface area contributed by atoms with Crippen molar-refractivity contribution in [1.29, 1.82) is 0 Å². The number of H-pyrrole nitrogens is 1. The van der Waals surface area contributed by atoms with Crippen LogP contribution in [0.4, 0.5) is 0 Å². The van der Waals surface area contributed by atoms with E-state index in [4.69, 9.17) is 10.5 Å². The molecule has 1 aliphatic heterocycles. The summed E-state index contributed by atoms with van der Waals surface area (Å²) in [6.45, 7) is 3.01. The zero-order valence-corrected chi connectivity index (χ0v) is 14.2. The zero-order valence-electron chi connectivity index (χ0n) is 13.4. The molecule has 1 fully saturated rings. The lowest BCUT2D eigenvalue weighted by Gasteiger charge is -2.25. The van der Waals surface area contributed by atoms with Crippen molar-refractivity contribution < 1.29 is 9.53 Å². The van der Waals surface area contributed by atoms with Crippen molar-refractivity contribution in [2.24, 2.45) is 5.73 Å². The first-order chi connectivity index (χ1) is 10.6. The molecule has 0 bridgehead atoms. The molecule has 6 nitrogen and oxygen atoms in total. The topological polar surface area (TPSA) is 84.2 Å². The lowest BCUT2D eigenvalue weighted by atomic mass is 10.2. The summed E-state index contributed by atoms with van der Waals surface area (Å²) >= 11 is 0. The molecule has 2 atom stereocenters. The highest BCUT2D eigenvalue weighted by Crippen LogP contribution is 2.31. The van der Waals surface area contributed by atoms with E-state index in [1.54, 1.807) is 7.11 Å². The number of fused-ring (bicyclic) bond motifs is 1. The van der Waals surface area contributed by atoms with Gasteiger partial charge in [-0.1, -0.05) is 6.07 Å². The molecule has 0 radical (unpaired) electrons. The fourth-order valence-corrected chi connectivity index (χ4v) is 3.08. The number of carbonyl (C=O) groups is 1. The molecule has 23 heavy (non-hydrogen) atoms. The minimum atomic E-state index is -0.614. The summed E-state index contributed by atoms with van der Waals surface area (Å²) in [6, 6.07) is 5.48. The van der Waals surface area contributed by atoms with E-state index < -0.39 is 6.04 Å². The van der Waals surface area contributed by atoms with Gasteiger partial charge in [0.25, 0.3) is 0 Å². The number of halogens is 1. The molecule has 2 unspecified atom stereocenters. The number of nitrogens with one attached hydrogen (secondary N) is 1. The predicted molar refractivity (Wildman–Crippen MR) is 91.6 cm³/mol. The second-order valence-corrected chi connectivity index (χ2v) is 5.89. The van der Waals surface area contributed by atoms with Gasteiger partial charge in [-0.15, -0.1) is 12.4 Å². The van der Waals surface area contributed by atoms with Gasteiger partial charge in [-0.25, -0.2) is 4.98 Å². The first-order valence-corrected chi connectivity index (χ1v) is 7.61. The summed E-state index contributed by atoms with van der Waals surface area (Å²) in [6.07, 6.45) is 1.87. The molecule has 2 heterocycles. The summed E-state index contributed by atoms with van der Waals surface area (Å²) in [7, 11) is 1.55. The van der Waals surface area contributed by atoms with Crippen molar-refractivity contribution in [3.05, 3.63) is 29.6 Å². The number of aromatic nitrogens is 2. The standard InChI is InChI=1S/C16H22N4O2.ClH/c1-10-5-6-12-13(8-10)19-15(18-12)14-4-3-7-20(14)16(21)11(17)9-22-2;/h5-6,8,11,14H,3-4,7,9,17H2,1-2H3,(H,18,19);1H. The predicted octanol–water partition coefficient (Wildman–Crippen LogP) is 1.93. The van der Waals surface area contributed by atoms with Crippen LogP contribution in [0, 0.1) is 6.92 Å². The minimum Gasteiger partial charge on any atom is -0.383 e. The number of ether oxygens (including phenoxy) is 1. The van der Waals surface area contributed by atoms with Crippen molar-refractivity contribution in [2.75, 3.05) is 20.3 Å². The van der Waals surface area contributed by atoms with Crippen LogP contribution in [-0.4, -0.2) is 47.1 Å². The first kappa shape index (κ1) is 17.7. The number of benzene rings is 1. The normalized spacial score (nSPS) is 18.9. The number of carbonyl (C=O) groups excluding carboxylic acids is 1. The van der Waals surface area contributed by atoms with Gasteiger partial charge in [-0.2, -0.15) is 0 Å². The van der Waals surface area contributed by atoms with Crippen LogP contribution in [0.3, 0.4) is 0 Å². The van der Waals surface area contributed by atoms with E-state index in [0.717, 1.165) is 36.2 Å². The van der Waals surface area contributed by atoms with Gasteiger partial charge in [0.2, 0.25) is 5.91 Å². The van der Waals surface area contributed by atoms with E-state index in [1.807, 2.05) is 17.0 Å². The van der Waals surface area contributed by atoms with Gasteiger partial charge in [0.05, 0.1) is 23.7 Å². The van der Waals surface area contributed by atoms with E-state index in [1.165, 1.54) is 5.56 Å². The van der Waals surface area contributed by atoms with Crippen LogP contribution in [0.15, 0.2) is 18.2 Å². The van der Waals surface area contributed by atoms with Crippen LogP contribution in [-0.2, 0) is 9.53 Å². The molecule has 2 aromatic rings. The van der Waals surface area contributed by atoms with Crippen LogP contribution in [0.5, 0.6) is 0 Å². The Morgan fingerprint density at radius 1 is 1.57 bits per heavy atom. The summed E-state index contributed by atoms with van der Waals surface area (Å²) in [5, 5.41) is 0. The molecule has 1 amide bonds. The number of rotatable bonds is 4. The van der Waals surface area contributed by atoms with Gasteiger partial charge >= 0.3 is 0 Å². The van der Waals surface area contributed by atoms with E-state index in [2.05, 4.69) is 23.0 Å². The Morgan fingerprint density at radius 3 is 3.09 bits per heavy atom. The molecule has 0 saturated carbocycles. The van der Waals surface area contributed by atoms with Crippen molar-refractivity contribution in [3.8, 4) is 0 Å². The zero-order chi connectivity index (χ0) is 15.7. The van der Waals surface area contributed by atoms with E-state index in [0.29, 0.717) is 0 Å². The van der Waals surface area contributed by atoms with Crippen molar-refractivity contribution >= 4 is 29.3 Å². The molecule has 1 saturated heterocycles. The molecule has 126 valence electrons. The maximum atomic E-state index is 12.5. The number of nitrogens with zero attached hydrogens (tertiary/aromatic N) is 2. The number of imidazole rings is 1. The average Bonchev–Trinajstić information content (AvgIpc) is 3.12. The number of nitrogens with two attached hydrogens (primary N) is 1. The number of aromatic amines is 1. The van der Waals surface area contributed by atoms with Crippen LogP contribution < -0.4 is 5.73 Å². The van der Waals surface area contributed by atoms with Crippen molar-refractivity contribution in [1.82, 2.24) is 14.9 Å². The molecule has 3 N–H and O–H groups in total. The van der Waals surface area contributed by atoms with Crippen LogP contribution in [0.25, 0.3) is 11.0 Å². The quantitative estimate of drug-likeness (QED) is 0.892. The summed E-state index contributed by atoms with van der Waals surface area (Å²) in [4.78, 5) is 22.3. The Labute approximate surface area is 141 Å². The van der Waals surface area contributed by atoms with Gasteiger partial charge in [0.1, 0.15) is 11.9 Å². The van der Waals surface area contributed by atoms with Crippen LogP contribution in [0.1, 0.15) is 30.3 Å². The molecular weight excluding hydrogens is 316 g/mol. The molecule has 1 aromatic carbocycles.